The van der Waals surface area contributed by atoms with E-state index in [1.54, 1.807) is 13.8 Å². The Balaban J connectivity index is 2.65. The average molecular weight is 336 g/mol. The molecule has 0 radical (unpaired) electrons. The summed E-state index contributed by atoms with van der Waals surface area (Å²) in [6.45, 7) is 2.93. The Morgan fingerprint density at radius 3 is 2.62 bits per heavy atom. The monoisotopic (exact) mass is 336 g/mol. The molecule has 118 valence electrons. The first-order chi connectivity index (χ1) is 9.61. The maximum atomic E-state index is 11.8. The van der Waals surface area contributed by atoms with Crippen LogP contribution < -0.4 is 11.1 Å². The number of ketones is 1. The Kier molecular flexibility index (Phi) is 5.84. The first kappa shape index (κ1) is 17.6. The number of Topliss-reactive ketones (excluding diaryl/α,β-unsaturated/α-hetero) is 1. The van der Waals surface area contributed by atoms with Crippen LogP contribution in [-0.4, -0.2) is 37.8 Å². The fraction of sp³-hybridized carbons (Fsp3) is 0.455. The van der Waals surface area contributed by atoms with Crippen LogP contribution in [0.3, 0.4) is 0 Å². The Bertz CT molecular complexity index is 635. The number of rotatable bonds is 7. The Labute approximate surface area is 126 Å². The van der Waals surface area contributed by atoms with Gasteiger partial charge in [-0.1, -0.05) is 13.8 Å². The number of amides is 1. The van der Waals surface area contributed by atoms with Crippen LogP contribution in [0.25, 0.3) is 0 Å². The summed E-state index contributed by atoms with van der Waals surface area (Å²) >= 11 is 1.02. The van der Waals surface area contributed by atoms with Crippen molar-refractivity contribution in [3.8, 4) is 0 Å². The highest BCUT2D eigenvalue weighted by molar-refractivity contribution is 7.80. The lowest BCUT2D eigenvalue weighted by Gasteiger charge is -2.03. The molecule has 0 bridgehead atoms. The summed E-state index contributed by atoms with van der Waals surface area (Å²) in [5.74, 6) is -0.868. The van der Waals surface area contributed by atoms with E-state index in [0.717, 1.165) is 11.3 Å². The Morgan fingerprint density at radius 1 is 1.48 bits per heavy atom. The van der Waals surface area contributed by atoms with Crippen LogP contribution >= 0.6 is 11.3 Å². The summed E-state index contributed by atoms with van der Waals surface area (Å²) in [7, 11) is -4.53. The van der Waals surface area contributed by atoms with Crippen molar-refractivity contribution in [2.45, 2.75) is 13.8 Å². The van der Waals surface area contributed by atoms with Gasteiger partial charge in [-0.05, 0) is 6.07 Å². The molecule has 1 aromatic heterocycles. The summed E-state index contributed by atoms with van der Waals surface area (Å²) in [6.07, 6.45) is 0. The van der Waals surface area contributed by atoms with Crippen LogP contribution in [0, 0.1) is 5.92 Å². The minimum Gasteiger partial charge on any atom is -0.390 e. The largest absolute Gasteiger partial charge is 0.397 e. The van der Waals surface area contributed by atoms with Gasteiger partial charge in [0.25, 0.3) is 5.91 Å². The molecule has 0 atom stereocenters. The van der Waals surface area contributed by atoms with Gasteiger partial charge in [-0.15, -0.1) is 11.3 Å². The van der Waals surface area contributed by atoms with E-state index in [9.17, 15) is 18.0 Å². The van der Waals surface area contributed by atoms with Gasteiger partial charge in [0.1, 0.15) is 0 Å². The molecule has 0 fully saturated rings. The fourth-order valence-corrected chi connectivity index (χ4v) is 2.70. The molecule has 0 aliphatic carbocycles. The molecule has 1 heterocycles. The number of nitrogen functional groups attached to an aromatic ring is 1. The second-order valence-electron chi connectivity index (χ2n) is 4.41. The second-order valence-corrected chi connectivity index (χ2v) is 6.59. The maximum Gasteiger partial charge on any atom is 0.397 e. The Hall–Kier alpha value is -1.49. The molecule has 8 nitrogen and oxygen atoms in total. The van der Waals surface area contributed by atoms with Crippen molar-refractivity contribution in [2.24, 2.45) is 5.92 Å². The zero-order valence-corrected chi connectivity index (χ0v) is 13.1. The lowest BCUT2D eigenvalue weighted by molar-refractivity contribution is 0.0943. The van der Waals surface area contributed by atoms with Crippen molar-refractivity contribution in [2.75, 3.05) is 18.9 Å². The van der Waals surface area contributed by atoms with Crippen LogP contribution in [0.5, 0.6) is 0 Å². The second kappa shape index (κ2) is 6.98. The highest BCUT2D eigenvalue weighted by Crippen LogP contribution is 2.27. The highest BCUT2D eigenvalue weighted by atomic mass is 32.3. The molecule has 21 heavy (non-hydrogen) atoms. The summed E-state index contributed by atoms with van der Waals surface area (Å²) in [4.78, 5) is 24.0. The zero-order chi connectivity index (χ0) is 16.2. The van der Waals surface area contributed by atoms with Crippen molar-refractivity contribution < 1.29 is 26.7 Å². The summed E-state index contributed by atoms with van der Waals surface area (Å²) in [6, 6.07) is 1.40. The number of anilines is 1. The molecule has 0 saturated heterocycles. The number of nitrogens with two attached hydrogens (primary N) is 1. The first-order valence-electron chi connectivity index (χ1n) is 5.95. The lowest BCUT2D eigenvalue weighted by atomic mass is 10.1. The average Bonchev–Trinajstić information content (AvgIpc) is 2.74. The summed E-state index contributed by atoms with van der Waals surface area (Å²) in [5, 5.41) is 2.57. The maximum absolute atomic E-state index is 11.8. The van der Waals surface area contributed by atoms with E-state index in [1.807, 2.05) is 0 Å². The standard InChI is InChI=1S/C11H16N2O6S2/c1-6(2)9(14)8-5-7(10(12)20-8)11(15)13-3-4-19-21(16,17)18/h5-6H,3-4,12H2,1-2H3,(H,13,15)(H,16,17,18). The van der Waals surface area contributed by atoms with Crippen molar-refractivity contribution in [3.63, 3.8) is 0 Å². The number of nitrogens with one attached hydrogen (secondary N) is 1. The van der Waals surface area contributed by atoms with Crippen LogP contribution in [-0.2, 0) is 14.6 Å². The molecule has 0 unspecified atom stereocenters. The molecule has 1 aromatic rings. The summed E-state index contributed by atoms with van der Waals surface area (Å²) in [5.41, 5.74) is 5.84. The van der Waals surface area contributed by atoms with Gasteiger partial charge in [-0.25, -0.2) is 4.18 Å². The van der Waals surface area contributed by atoms with E-state index in [2.05, 4.69) is 9.50 Å². The predicted molar refractivity (Wildman–Crippen MR) is 77.7 cm³/mol. The van der Waals surface area contributed by atoms with Crippen molar-refractivity contribution in [1.82, 2.24) is 5.32 Å². The number of thiophene rings is 1. The smallest absolute Gasteiger partial charge is 0.390 e. The van der Waals surface area contributed by atoms with E-state index in [4.69, 9.17) is 10.3 Å². The van der Waals surface area contributed by atoms with Gasteiger partial charge in [0.15, 0.2) is 5.78 Å². The molecule has 0 aliphatic heterocycles. The molecule has 0 saturated carbocycles. The van der Waals surface area contributed by atoms with Crippen molar-refractivity contribution in [1.29, 1.82) is 0 Å². The number of carbonyl (C=O) groups is 2. The fourth-order valence-electron chi connectivity index (χ4n) is 1.40. The topological polar surface area (TPSA) is 136 Å². The molecule has 10 heteroatoms. The van der Waals surface area contributed by atoms with Crippen LogP contribution in [0.15, 0.2) is 6.07 Å². The zero-order valence-electron chi connectivity index (χ0n) is 11.5. The predicted octanol–water partition coefficient (Wildman–Crippen LogP) is 0.718. The molecule has 0 spiro atoms. The molecule has 4 N–H and O–H groups in total. The van der Waals surface area contributed by atoms with E-state index in [1.165, 1.54) is 6.07 Å². The number of hydrogen-bond acceptors (Lipinski definition) is 7. The van der Waals surface area contributed by atoms with Gasteiger partial charge in [0, 0.05) is 12.5 Å². The van der Waals surface area contributed by atoms with Gasteiger partial charge >= 0.3 is 10.4 Å². The SMILES string of the molecule is CC(C)C(=O)c1cc(C(=O)NCCOS(=O)(=O)O)c(N)s1. The van der Waals surface area contributed by atoms with Gasteiger partial charge < -0.3 is 11.1 Å². The highest BCUT2D eigenvalue weighted by Gasteiger charge is 2.19. The van der Waals surface area contributed by atoms with Crippen LogP contribution in [0.2, 0.25) is 0 Å². The molecular weight excluding hydrogens is 320 g/mol. The van der Waals surface area contributed by atoms with Crippen LogP contribution in [0.4, 0.5) is 5.00 Å². The van der Waals surface area contributed by atoms with Crippen molar-refractivity contribution >= 4 is 38.4 Å². The summed E-state index contributed by atoms with van der Waals surface area (Å²) < 4.78 is 33.0. The first-order valence-corrected chi connectivity index (χ1v) is 8.13. The molecule has 1 rings (SSSR count). The van der Waals surface area contributed by atoms with Gasteiger partial charge in [0.05, 0.1) is 22.0 Å². The van der Waals surface area contributed by atoms with E-state index in [-0.39, 0.29) is 28.8 Å². The van der Waals surface area contributed by atoms with E-state index >= 15 is 0 Å². The third kappa shape index (κ3) is 5.42. The number of hydrogen-bond donors (Lipinski definition) is 3. The van der Waals surface area contributed by atoms with Gasteiger partial charge in [-0.2, -0.15) is 8.42 Å². The van der Waals surface area contributed by atoms with Gasteiger partial charge in [-0.3, -0.25) is 14.1 Å². The number of carbonyl (C=O) groups excluding carboxylic acids is 2. The Morgan fingerprint density at radius 2 is 2.10 bits per heavy atom. The quantitative estimate of drug-likeness (QED) is 0.379. The third-order valence-electron chi connectivity index (χ3n) is 2.39. The van der Waals surface area contributed by atoms with E-state index < -0.39 is 22.9 Å². The molecular formula is C11H16N2O6S2. The lowest BCUT2D eigenvalue weighted by Crippen LogP contribution is -2.28. The van der Waals surface area contributed by atoms with Gasteiger partial charge in [0.2, 0.25) is 0 Å². The minimum atomic E-state index is -4.53. The van der Waals surface area contributed by atoms with E-state index in [0.29, 0.717) is 4.88 Å². The molecule has 1 amide bonds. The third-order valence-corrected chi connectivity index (χ3v) is 3.84. The normalized spacial score (nSPS) is 11.6. The van der Waals surface area contributed by atoms with Crippen LogP contribution in [0.1, 0.15) is 33.9 Å². The van der Waals surface area contributed by atoms with Crippen molar-refractivity contribution in [3.05, 3.63) is 16.5 Å². The molecule has 0 aromatic carbocycles. The molecule has 0 aliphatic rings. The minimum absolute atomic E-state index is 0.111.